The Morgan fingerprint density at radius 1 is 1.07 bits per heavy atom. The van der Waals surface area contributed by atoms with Gasteiger partial charge in [-0.2, -0.15) is 0 Å². The van der Waals surface area contributed by atoms with Crippen molar-refractivity contribution in [3.63, 3.8) is 0 Å². The lowest BCUT2D eigenvalue weighted by Gasteiger charge is -2.39. The number of carbonyl (C=O) groups excluding carboxylic acids is 2. The van der Waals surface area contributed by atoms with Crippen molar-refractivity contribution in [2.24, 2.45) is 0 Å². The predicted molar refractivity (Wildman–Crippen MR) is 118 cm³/mol. The van der Waals surface area contributed by atoms with Gasteiger partial charge in [-0.15, -0.1) is 0 Å². The first-order valence-corrected chi connectivity index (χ1v) is 11.2. The topological polar surface area (TPSA) is 43.9 Å². The molecule has 1 aromatic rings. The summed E-state index contributed by atoms with van der Waals surface area (Å²) in [6.45, 7) is 7.13. The molecule has 3 rings (SSSR count). The second kappa shape index (κ2) is 10.5. The van der Waals surface area contributed by atoms with Crippen LogP contribution in [0.25, 0.3) is 6.08 Å². The molecule has 0 bridgehead atoms. The third-order valence-electron chi connectivity index (χ3n) is 5.74. The van der Waals surface area contributed by atoms with Gasteiger partial charge in [-0.1, -0.05) is 35.7 Å². The number of rotatable bonds is 6. The van der Waals surface area contributed by atoms with E-state index in [0.29, 0.717) is 23.1 Å². The van der Waals surface area contributed by atoms with Gasteiger partial charge < -0.3 is 14.7 Å². The Hall–Kier alpha value is -1.56. The highest BCUT2D eigenvalue weighted by Crippen LogP contribution is 2.23. The molecule has 1 unspecified atom stereocenters. The number of nitrogens with zero attached hydrogens (tertiary/aromatic N) is 3. The summed E-state index contributed by atoms with van der Waals surface area (Å²) < 4.78 is 0. The maximum absolute atomic E-state index is 12.7. The Bertz CT molecular complexity index is 762. The van der Waals surface area contributed by atoms with E-state index in [4.69, 9.17) is 23.2 Å². The molecule has 158 valence electrons. The Morgan fingerprint density at radius 2 is 1.83 bits per heavy atom. The average Bonchev–Trinajstić information content (AvgIpc) is 2.72. The van der Waals surface area contributed by atoms with Crippen molar-refractivity contribution in [2.45, 2.75) is 38.6 Å². The van der Waals surface area contributed by atoms with Gasteiger partial charge in [-0.05, 0) is 69.6 Å². The van der Waals surface area contributed by atoms with Crippen LogP contribution in [0.3, 0.4) is 0 Å². The molecule has 2 aliphatic rings. The van der Waals surface area contributed by atoms with Gasteiger partial charge in [0, 0.05) is 25.7 Å². The average molecular weight is 438 g/mol. The quantitative estimate of drug-likeness (QED) is 0.632. The monoisotopic (exact) mass is 437 g/mol. The summed E-state index contributed by atoms with van der Waals surface area (Å²) in [5.41, 5.74) is 0.795. The van der Waals surface area contributed by atoms with Gasteiger partial charge in [-0.3, -0.25) is 9.59 Å². The van der Waals surface area contributed by atoms with E-state index in [0.717, 1.165) is 25.1 Å². The van der Waals surface area contributed by atoms with Gasteiger partial charge in [0.15, 0.2) is 0 Å². The predicted octanol–water partition coefficient (Wildman–Crippen LogP) is 3.94. The molecule has 5 nitrogen and oxygen atoms in total. The molecule has 2 fully saturated rings. The zero-order valence-electron chi connectivity index (χ0n) is 16.9. The summed E-state index contributed by atoms with van der Waals surface area (Å²) in [6.07, 6.45) is 8.09. The van der Waals surface area contributed by atoms with Crippen molar-refractivity contribution in [3.05, 3.63) is 39.9 Å². The summed E-state index contributed by atoms with van der Waals surface area (Å²) in [5.74, 6) is -0.129. The smallest absolute Gasteiger partial charge is 0.247 e. The van der Waals surface area contributed by atoms with Crippen LogP contribution in [0.2, 0.25) is 10.0 Å². The highest BCUT2D eigenvalue weighted by Gasteiger charge is 2.33. The fourth-order valence-electron chi connectivity index (χ4n) is 4.00. The molecular weight excluding hydrogens is 409 g/mol. The molecule has 2 saturated heterocycles. The minimum Gasteiger partial charge on any atom is -0.339 e. The maximum Gasteiger partial charge on any atom is 0.247 e. The Kier molecular flexibility index (Phi) is 7.99. The number of likely N-dealkylation sites (tertiary alicyclic amines) is 1. The first-order valence-electron chi connectivity index (χ1n) is 10.4. The summed E-state index contributed by atoms with van der Waals surface area (Å²) in [6, 6.07) is 4.77. The SMILES string of the molecule is CC1C(=O)N(CCCN2CCCCC2)CCN1C(=O)C=Cc1ccc(Cl)c(Cl)c1. The molecular formula is C22H29Cl2N3O2. The summed E-state index contributed by atoms with van der Waals surface area (Å²) in [5, 5.41) is 0.925. The van der Waals surface area contributed by atoms with E-state index in [2.05, 4.69) is 4.90 Å². The number of hydrogen-bond acceptors (Lipinski definition) is 3. The van der Waals surface area contributed by atoms with Crippen molar-refractivity contribution in [1.29, 1.82) is 0 Å². The van der Waals surface area contributed by atoms with Crippen molar-refractivity contribution in [1.82, 2.24) is 14.7 Å². The van der Waals surface area contributed by atoms with Crippen LogP contribution in [-0.2, 0) is 9.59 Å². The molecule has 0 N–H and O–H groups in total. The van der Waals surface area contributed by atoms with Crippen molar-refractivity contribution >= 4 is 41.1 Å². The van der Waals surface area contributed by atoms with Crippen LogP contribution < -0.4 is 0 Å². The minimum absolute atomic E-state index is 0.0335. The number of benzene rings is 1. The van der Waals surface area contributed by atoms with Crippen molar-refractivity contribution in [2.75, 3.05) is 39.3 Å². The molecule has 0 radical (unpaired) electrons. The van der Waals surface area contributed by atoms with E-state index in [1.165, 1.54) is 38.4 Å². The second-order valence-corrected chi connectivity index (χ2v) is 8.61. The molecule has 0 spiro atoms. The molecule has 0 saturated carbocycles. The maximum atomic E-state index is 12.7. The molecule has 0 aliphatic carbocycles. The first-order chi connectivity index (χ1) is 14.0. The van der Waals surface area contributed by atoms with Gasteiger partial charge in [0.1, 0.15) is 6.04 Å². The van der Waals surface area contributed by atoms with E-state index >= 15 is 0 Å². The molecule has 29 heavy (non-hydrogen) atoms. The lowest BCUT2D eigenvalue weighted by atomic mass is 10.1. The number of piperidine rings is 1. The number of piperazine rings is 1. The number of halogens is 2. The summed E-state index contributed by atoms with van der Waals surface area (Å²) >= 11 is 11.9. The van der Waals surface area contributed by atoms with Crippen LogP contribution in [0, 0.1) is 0 Å². The molecule has 0 aromatic heterocycles. The second-order valence-electron chi connectivity index (χ2n) is 7.80. The largest absolute Gasteiger partial charge is 0.339 e. The van der Waals surface area contributed by atoms with Crippen molar-refractivity contribution < 1.29 is 9.59 Å². The van der Waals surface area contributed by atoms with Crippen LogP contribution in [0.1, 0.15) is 38.2 Å². The van der Waals surface area contributed by atoms with Crippen LogP contribution in [0.5, 0.6) is 0 Å². The highest BCUT2D eigenvalue weighted by molar-refractivity contribution is 6.42. The van der Waals surface area contributed by atoms with Gasteiger partial charge in [0.2, 0.25) is 11.8 Å². The van der Waals surface area contributed by atoms with Crippen molar-refractivity contribution in [3.8, 4) is 0 Å². The third kappa shape index (κ3) is 5.97. The first kappa shape index (κ1) is 22.1. The minimum atomic E-state index is -0.440. The highest BCUT2D eigenvalue weighted by atomic mass is 35.5. The van der Waals surface area contributed by atoms with E-state index in [9.17, 15) is 9.59 Å². The Morgan fingerprint density at radius 3 is 2.55 bits per heavy atom. The standard InChI is InChI=1S/C22H29Cl2N3O2/c1-17-22(29)26(13-5-12-25-10-3-2-4-11-25)14-15-27(17)21(28)9-7-18-6-8-19(23)20(24)16-18/h6-9,16-17H,2-5,10-15H2,1H3. The van der Waals surface area contributed by atoms with Crippen LogP contribution in [0.4, 0.5) is 0 Å². The van der Waals surface area contributed by atoms with E-state index in [-0.39, 0.29) is 11.8 Å². The van der Waals surface area contributed by atoms with Gasteiger partial charge >= 0.3 is 0 Å². The van der Waals surface area contributed by atoms with Gasteiger partial charge in [-0.25, -0.2) is 0 Å². The molecule has 1 aromatic carbocycles. The molecule has 2 aliphatic heterocycles. The molecule has 7 heteroatoms. The van der Waals surface area contributed by atoms with E-state index in [1.807, 2.05) is 11.8 Å². The zero-order chi connectivity index (χ0) is 20.8. The Labute approximate surface area is 183 Å². The molecule has 2 amide bonds. The van der Waals surface area contributed by atoms with E-state index in [1.54, 1.807) is 29.2 Å². The van der Waals surface area contributed by atoms with E-state index < -0.39 is 6.04 Å². The third-order valence-corrected chi connectivity index (χ3v) is 6.48. The molecule has 2 heterocycles. The molecule has 1 atom stereocenters. The normalized spacial score (nSPS) is 21.2. The lowest BCUT2D eigenvalue weighted by Crippen LogP contribution is -2.57. The van der Waals surface area contributed by atoms with Crippen LogP contribution in [-0.4, -0.2) is 71.8 Å². The fourth-order valence-corrected chi connectivity index (χ4v) is 4.31. The van der Waals surface area contributed by atoms with Gasteiger partial charge in [0.05, 0.1) is 10.0 Å². The number of hydrogen-bond donors (Lipinski definition) is 0. The number of carbonyl (C=O) groups is 2. The zero-order valence-corrected chi connectivity index (χ0v) is 18.5. The van der Waals surface area contributed by atoms with Crippen LogP contribution in [0.15, 0.2) is 24.3 Å². The summed E-state index contributed by atoms with van der Waals surface area (Å²) in [4.78, 5) is 31.4. The Balaban J connectivity index is 1.49. The van der Waals surface area contributed by atoms with Gasteiger partial charge in [0.25, 0.3) is 0 Å². The fraction of sp³-hybridized carbons (Fsp3) is 0.545. The number of amides is 2. The van der Waals surface area contributed by atoms with Crippen LogP contribution >= 0.6 is 23.2 Å². The lowest BCUT2D eigenvalue weighted by molar-refractivity contribution is -0.148. The summed E-state index contributed by atoms with van der Waals surface area (Å²) in [7, 11) is 0.